The van der Waals surface area contributed by atoms with E-state index in [1.165, 1.54) is 5.56 Å². The van der Waals surface area contributed by atoms with E-state index in [4.69, 9.17) is 5.26 Å². The van der Waals surface area contributed by atoms with Crippen LogP contribution in [0, 0.1) is 11.3 Å². The molecule has 0 spiro atoms. The van der Waals surface area contributed by atoms with Crippen molar-refractivity contribution in [2.45, 2.75) is 19.4 Å². The van der Waals surface area contributed by atoms with E-state index in [1.54, 1.807) is 0 Å². The average molecular weight is 315 g/mol. The van der Waals surface area contributed by atoms with Crippen molar-refractivity contribution >= 4 is 21.6 Å². The molecule has 2 nitrogen and oxygen atoms in total. The van der Waals surface area contributed by atoms with Crippen LogP contribution < -0.4 is 5.32 Å². The lowest BCUT2D eigenvalue weighted by Crippen LogP contribution is -2.09. The number of rotatable bonds is 4. The second-order valence-corrected chi connectivity index (χ2v) is 5.27. The van der Waals surface area contributed by atoms with E-state index < -0.39 is 0 Å². The van der Waals surface area contributed by atoms with Gasteiger partial charge in [0.2, 0.25) is 0 Å². The summed E-state index contributed by atoms with van der Waals surface area (Å²) in [7, 11) is 0. The smallest absolute Gasteiger partial charge is 0.0992 e. The molecule has 3 heteroatoms. The third-order valence-corrected chi connectivity index (χ3v) is 3.54. The third-order valence-electron chi connectivity index (χ3n) is 3.01. The molecule has 0 aromatic heterocycles. The summed E-state index contributed by atoms with van der Waals surface area (Å²) in [5.74, 6) is 0. The molecule has 0 fully saturated rings. The summed E-state index contributed by atoms with van der Waals surface area (Å²) in [6.45, 7) is 2.15. The molecule has 2 aromatic carbocycles. The first-order chi connectivity index (χ1) is 9.22. The number of hydrogen-bond acceptors (Lipinski definition) is 2. The maximum absolute atomic E-state index is 8.92. The molecule has 2 aromatic rings. The molecule has 1 atom stereocenters. The van der Waals surface area contributed by atoms with Gasteiger partial charge in [-0.1, -0.05) is 41.1 Å². The van der Waals surface area contributed by atoms with E-state index in [2.05, 4.69) is 46.4 Å². The summed E-state index contributed by atoms with van der Waals surface area (Å²) in [5, 5.41) is 12.4. The zero-order valence-corrected chi connectivity index (χ0v) is 12.3. The number of anilines is 1. The zero-order valence-electron chi connectivity index (χ0n) is 10.7. The highest BCUT2D eigenvalue weighted by Gasteiger charge is 2.09. The van der Waals surface area contributed by atoms with Crippen LogP contribution in [0.1, 0.15) is 30.5 Å². The second kappa shape index (κ2) is 6.40. The lowest BCUT2D eigenvalue weighted by atomic mass is 10.0. The van der Waals surface area contributed by atoms with Crippen LogP contribution in [0.15, 0.2) is 53.0 Å². The van der Waals surface area contributed by atoms with E-state index in [-0.39, 0.29) is 6.04 Å². The Bertz CT molecular complexity index is 584. The number of hydrogen-bond donors (Lipinski definition) is 1. The fourth-order valence-electron chi connectivity index (χ4n) is 2.00. The predicted molar refractivity (Wildman–Crippen MR) is 82.0 cm³/mol. The Balaban J connectivity index is 2.19. The van der Waals surface area contributed by atoms with Gasteiger partial charge >= 0.3 is 0 Å². The van der Waals surface area contributed by atoms with Crippen molar-refractivity contribution in [3.05, 3.63) is 64.1 Å². The minimum absolute atomic E-state index is 0.252. The fourth-order valence-corrected chi connectivity index (χ4v) is 2.26. The molecule has 96 valence electrons. The van der Waals surface area contributed by atoms with Crippen LogP contribution in [-0.4, -0.2) is 0 Å². The van der Waals surface area contributed by atoms with Gasteiger partial charge in [-0.25, -0.2) is 0 Å². The van der Waals surface area contributed by atoms with Gasteiger partial charge in [0.25, 0.3) is 0 Å². The maximum atomic E-state index is 8.92. The van der Waals surface area contributed by atoms with Gasteiger partial charge in [-0.15, -0.1) is 0 Å². The molecule has 0 amide bonds. The van der Waals surface area contributed by atoms with Crippen molar-refractivity contribution in [2.75, 3.05) is 5.32 Å². The standard InChI is InChI=1S/C16H15BrN2/c1-2-16(13-6-8-14(17)9-7-13)19-15-5-3-4-12(10-15)11-18/h3-10,16,19H,2H2,1H3. The first-order valence-electron chi connectivity index (χ1n) is 6.25. The van der Waals surface area contributed by atoms with E-state index in [0.29, 0.717) is 5.56 Å². The Hall–Kier alpha value is -1.79. The second-order valence-electron chi connectivity index (χ2n) is 4.35. The van der Waals surface area contributed by atoms with Crippen LogP contribution in [0.4, 0.5) is 5.69 Å². The monoisotopic (exact) mass is 314 g/mol. The van der Waals surface area contributed by atoms with Crippen molar-refractivity contribution in [1.29, 1.82) is 5.26 Å². The number of nitrogens with one attached hydrogen (secondary N) is 1. The summed E-state index contributed by atoms with van der Waals surface area (Å²) in [4.78, 5) is 0. The first kappa shape index (κ1) is 13.6. The molecule has 0 radical (unpaired) electrons. The molecule has 0 bridgehead atoms. The summed E-state index contributed by atoms with van der Waals surface area (Å²) >= 11 is 3.45. The van der Waals surface area contributed by atoms with Crippen molar-refractivity contribution in [3.8, 4) is 6.07 Å². The van der Waals surface area contributed by atoms with Crippen LogP contribution in [0.25, 0.3) is 0 Å². The van der Waals surface area contributed by atoms with E-state index in [9.17, 15) is 0 Å². The Labute approximate surface area is 122 Å². The fraction of sp³-hybridized carbons (Fsp3) is 0.188. The van der Waals surface area contributed by atoms with Gasteiger partial charge in [-0.05, 0) is 42.3 Å². The highest BCUT2D eigenvalue weighted by molar-refractivity contribution is 9.10. The molecule has 0 aliphatic heterocycles. The van der Waals surface area contributed by atoms with Gasteiger partial charge < -0.3 is 5.32 Å². The van der Waals surface area contributed by atoms with E-state index >= 15 is 0 Å². The van der Waals surface area contributed by atoms with Gasteiger partial charge in [0.15, 0.2) is 0 Å². The van der Waals surface area contributed by atoms with Crippen LogP contribution in [0.3, 0.4) is 0 Å². The Morgan fingerprint density at radius 2 is 1.95 bits per heavy atom. The molecule has 19 heavy (non-hydrogen) atoms. The van der Waals surface area contributed by atoms with Crippen LogP contribution in [0.2, 0.25) is 0 Å². The summed E-state index contributed by atoms with van der Waals surface area (Å²) in [5.41, 5.74) is 2.90. The molecule has 0 saturated carbocycles. The SMILES string of the molecule is CCC(Nc1cccc(C#N)c1)c1ccc(Br)cc1. The molecule has 1 unspecified atom stereocenters. The van der Waals surface area contributed by atoms with E-state index in [0.717, 1.165) is 16.6 Å². The van der Waals surface area contributed by atoms with Crippen molar-refractivity contribution in [2.24, 2.45) is 0 Å². The van der Waals surface area contributed by atoms with Gasteiger partial charge in [-0.3, -0.25) is 0 Å². The molecule has 1 N–H and O–H groups in total. The van der Waals surface area contributed by atoms with Crippen LogP contribution >= 0.6 is 15.9 Å². The molecular weight excluding hydrogens is 300 g/mol. The molecule has 0 saturated heterocycles. The quantitative estimate of drug-likeness (QED) is 0.872. The van der Waals surface area contributed by atoms with Crippen molar-refractivity contribution < 1.29 is 0 Å². The molecular formula is C16H15BrN2. The minimum Gasteiger partial charge on any atom is -0.378 e. The molecule has 0 heterocycles. The lowest BCUT2D eigenvalue weighted by Gasteiger charge is -2.19. The highest BCUT2D eigenvalue weighted by Crippen LogP contribution is 2.24. The van der Waals surface area contributed by atoms with Crippen molar-refractivity contribution in [3.63, 3.8) is 0 Å². The largest absolute Gasteiger partial charge is 0.378 e. The molecule has 0 aliphatic carbocycles. The number of benzene rings is 2. The van der Waals surface area contributed by atoms with Gasteiger partial charge in [0, 0.05) is 10.2 Å². The third kappa shape index (κ3) is 3.59. The molecule has 0 aliphatic rings. The number of halogens is 1. The minimum atomic E-state index is 0.252. The zero-order chi connectivity index (χ0) is 13.7. The average Bonchev–Trinajstić information content (AvgIpc) is 2.46. The Morgan fingerprint density at radius 3 is 2.58 bits per heavy atom. The van der Waals surface area contributed by atoms with Gasteiger partial charge in [-0.2, -0.15) is 5.26 Å². The Kier molecular flexibility index (Phi) is 4.59. The molecule has 2 rings (SSSR count). The Morgan fingerprint density at radius 1 is 1.21 bits per heavy atom. The first-order valence-corrected chi connectivity index (χ1v) is 7.04. The van der Waals surface area contributed by atoms with Crippen LogP contribution in [-0.2, 0) is 0 Å². The summed E-state index contributed by atoms with van der Waals surface area (Å²) in [6.07, 6.45) is 0.985. The topological polar surface area (TPSA) is 35.8 Å². The normalized spacial score (nSPS) is 11.6. The number of nitrogens with zero attached hydrogens (tertiary/aromatic N) is 1. The predicted octanol–water partition coefficient (Wildman–Crippen LogP) is 4.88. The van der Waals surface area contributed by atoms with E-state index in [1.807, 2.05) is 36.4 Å². The van der Waals surface area contributed by atoms with Gasteiger partial charge in [0.1, 0.15) is 0 Å². The summed E-state index contributed by atoms with van der Waals surface area (Å²) in [6, 6.07) is 18.3. The lowest BCUT2D eigenvalue weighted by molar-refractivity contribution is 0.749. The van der Waals surface area contributed by atoms with Gasteiger partial charge in [0.05, 0.1) is 17.7 Å². The maximum Gasteiger partial charge on any atom is 0.0992 e. The highest BCUT2D eigenvalue weighted by atomic mass is 79.9. The summed E-state index contributed by atoms with van der Waals surface area (Å²) < 4.78 is 1.08. The van der Waals surface area contributed by atoms with Crippen LogP contribution in [0.5, 0.6) is 0 Å². The van der Waals surface area contributed by atoms with Crippen molar-refractivity contribution in [1.82, 2.24) is 0 Å². The number of nitriles is 1.